The summed E-state index contributed by atoms with van der Waals surface area (Å²) >= 11 is 1.76. The summed E-state index contributed by atoms with van der Waals surface area (Å²) in [5, 5.41) is 7.99. The number of nitrogens with one attached hydrogen (secondary N) is 2. The van der Waals surface area contributed by atoms with E-state index in [1.165, 1.54) is 23.3 Å². The molecule has 0 saturated heterocycles. The fraction of sp³-hybridized carbons (Fsp3) is 0.500. The molecule has 1 aromatic carbocycles. The van der Waals surface area contributed by atoms with Crippen LogP contribution in [0.25, 0.3) is 0 Å². The van der Waals surface area contributed by atoms with Gasteiger partial charge >= 0.3 is 0 Å². The Morgan fingerprint density at radius 2 is 2.00 bits per heavy atom. The number of thiazole rings is 1. The van der Waals surface area contributed by atoms with Gasteiger partial charge in [-0.25, -0.2) is 9.98 Å². The minimum absolute atomic E-state index is 0.397. The molecule has 0 atom stereocenters. The van der Waals surface area contributed by atoms with Crippen molar-refractivity contribution in [2.24, 2.45) is 10.4 Å². The third-order valence-corrected chi connectivity index (χ3v) is 5.80. The van der Waals surface area contributed by atoms with Gasteiger partial charge in [0, 0.05) is 24.2 Å². The van der Waals surface area contributed by atoms with E-state index in [4.69, 9.17) is 4.99 Å². The normalized spacial score (nSPS) is 15.8. The first kappa shape index (κ1) is 17.9. The summed E-state index contributed by atoms with van der Waals surface area (Å²) in [6, 6.07) is 10.8. The maximum Gasteiger partial charge on any atom is 0.191 e. The fourth-order valence-electron chi connectivity index (χ4n) is 2.97. The zero-order chi connectivity index (χ0) is 17.5. The van der Waals surface area contributed by atoms with Crippen molar-refractivity contribution < 1.29 is 0 Å². The van der Waals surface area contributed by atoms with Gasteiger partial charge in [0.1, 0.15) is 5.01 Å². The number of guanidine groups is 1. The molecular formula is C20H28N4S. The molecule has 0 radical (unpaired) electrons. The third kappa shape index (κ3) is 5.30. The lowest BCUT2D eigenvalue weighted by Crippen LogP contribution is -2.40. The van der Waals surface area contributed by atoms with Crippen molar-refractivity contribution >= 4 is 17.3 Å². The van der Waals surface area contributed by atoms with Gasteiger partial charge in [-0.2, -0.15) is 0 Å². The molecule has 2 N–H and O–H groups in total. The highest BCUT2D eigenvalue weighted by molar-refractivity contribution is 7.11. The Balaban J connectivity index is 1.55. The van der Waals surface area contributed by atoms with Crippen LogP contribution in [0, 0.1) is 5.41 Å². The maximum atomic E-state index is 4.71. The Morgan fingerprint density at radius 1 is 1.20 bits per heavy atom. The van der Waals surface area contributed by atoms with Crippen molar-refractivity contribution in [3.8, 4) is 0 Å². The quantitative estimate of drug-likeness (QED) is 0.559. The maximum absolute atomic E-state index is 4.71. The number of hydrogen-bond acceptors (Lipinski definition) is 3. The summed E-state index contributed by atoms with van der Waals surface area (Å²) < 4.78 is 0. The van der Waals surface area contributed by atoms with Gasteiger partial charge in [0.15, 0.2) is 5.96 Å². The second-order valence-electron chi connectivity index (χ2n) is 6.78. The molecule has 0 unspecified atom stereocenters. The van der Waals surface area contributed by atoms with Crippen LogP contribution in [0.5, 0.6) is 0 Å². The molecule has 0 aliphatic heterocycles. The van der Waals surface area contributed by atoms with Crippen molar-refractivity contribution in [3.63, 3.8) is 0 Å². The van der Waals surface area contributed by atoms with Gasteiger partial charge in [-0.1, -0.05) is 37.3 Å². The zero-order valence-electron chi connectivity index (χ0n) is 15.2. The van der Waals surface area contributed by atoms with Crippen LogP contribution in [0.4, 0.5) is 0 Å². The van der Waals surface area contributed by atoms with Crippen LogP contribution >= 0.6 is 11.3 Å². The number of aryl methyl sites for hydroxylation is 1. The van der Waals surface area contributed by atoms with E-state index in [-0.39, 0.29) is 0 Å². The first-order chi connectivity index (χ1) is 12.2. The molecule has 1 saturated carbocycles. The van der Waals surface area contributed by atoms with Crippen LogP contribution in [0.3, 0.4) is 0 Å². The molecule has 134 valence electrons. The van der Waals surface area contributed by atoms with Gasteiger partial charge in [0.05, 0.1) is 6.54 Å². The molecule has 0 bridgehead atoms. The van der Waals surface area contributed by atoms with E-state index in [2.05, 4.69) is 59.8 Å². The monoisotopic (exact) mass is 356 g/mol. The molecule has 3 rings (SSSR count). The van der Waals surface area contributed by atoms with Crippen molar-refractivity contribution in [2.45, 2.75) is 46.1 Å². The highest BCUT2D eigenvalue weighted by atomic mass is 32.1. The summed E-state index contributed by atoms with van der Waals surface area (Å²) in [7, 11) is 0. The van der Waals surface area contributed by atoms with Gasteiger partial charge in [-0.3, -0.25) is 0 Å². The second kappa shape index (κ2) is 8.48. The molecule has 1 fully saturated rings. The van der Waals surface area contributed by atoms with Crippen LogP contribution in [-0.2, 0) is 19.4 Å². The van der Waals surface area contributed by atoms with Gasteiger partial charge in [-0.15, -0.1) is 11.3 Å². The van der Waals surface area contributed by atoms with Crippen LogP contribution in [0.15, 0.2) is 41.5 Å². The predicted molar refractivity (Wildman–Crippen MR) is 106 cm³/mol. The zero-order valence-corrected chi connectivity index (χ0v) is 16.0. The van der Waals surface area contributed by atoms with E-state index in [1.54, 1.807) is 11.3 Å². The van der Waals surface area contributed by atoms with Gasteiger partial charge in [-0.05, 0) is 43.6 Å². The van der Waals surface area contributed by atoms with Crippen LogP contribution in [0.1, 0.15) is 42.1 Å². The van der Waals surface area contributed by atoms with Gasteiger partial charge in [0.25, 0.3) is 0 Å². The average molecular weight is 357 g/mol. The average Bonchev–Trinajstić information content (AvgIpc) is 3.24. The number of benzene rings is 1. The summed E-state index contributed by atoms with van der Waals surface area (Å²) in [5.41, 5.74) is 1.83. The number of hydrogen-bond donors (Lipinski definition) is 2. The lowest BCUT2D eigenvalue weighted by molar-refractivity contribution is 0.492. The Labute approximate surface area is 154 Å². The first-order valence-corrected chi connectivity index (χ1v) is 10.0. The van der Waals surface area contributed by atoms with E-state index in [9.17, 15) is 0 Å². The van der Waals surface area contributed by atoms with Gasteiger partial charge in [0.2, 0.25) is 0 Å². The van der Waals surface area contributed by atoms with E-state index in [1.807, 2.05) is 6.20 Å². The summed E-state index contributed by atoms with van der Waals surface area (Å²) in [6.45, 7) is 6.76. The lowest BCUT2D eigenvalue weighted by Gasteiger charge is -2.18. The largest absolute Gasteiger partial charge is 0.357 e. The minimum atomic E-state index is 0.397. The van der Waals surface area contributed by atoms with E-state index < -0.39 is 0 Å². The van der Waals surface area contributed by atoms with Crippen LogP contribution < -0.4 is 10.6 Å². The predicted octanol–water partition coefficient (Wildman–Crippen LogP) is 3.78. The first-order valence-electron chi connectivity index (χ1n) is 9.23. The molecule has 5 heteroatoms. The molecule has 1 heterocycles. The molecular weight excluding hydrogens is 328 g/mol. The summed E-state index contributed by atoms with van der Waals surface area (Å²) in [4.78, 5) is 10.5. The van der Waals surface area contributed by atoms with Crippen molar-refractivity contribution in [2.75, 3.05) is 13.1 Å². The van der Waals surface area contributed by atoms with E-state index in [0.29, 0.717) is 12.0 Å². The highest BCUT2D eigenvalue weighted by Gasteiger charge is 2.42. The Bertz CT molecular complexity index is 689. The Morgan fingerprint density at radius 3 is 2.64 bits per heavy atom. The number of nitrogens with zero attached hydrogens (tertiary/aromatic N) is 2. The second-order valence-corrected chi connectivity index (χ2v) is 7.98. The summed E-state index contributed by atoms with van der Waals surface area (Å²) in [6.07, 6.45) is 6.74. The van der Waals surface area contributed by atoms with Crippen LogP contribution in [-0.4, -0.2) is 24.0 Å². The van der Waals surface area contributed by atoms with Crippen molar-refractivity contribution in [1.29, 1.82) is 0 Å². The number of aliphatic imine (C=N–C) groups is 1. The molecule has 1 aliphatic carbocycles. The SMILES string of the molecule is CCNC(=NCc1ncc(CC)s1)NCC1(Cc2ccccc2)CC1. The van der Waals surface area contributed by atoms with E-state index in [0.717, 1.165) is 36.9 Å². The molecule has 25 heavy (non-hydrogen) atoms. The smallest absolute Gasteiger partial charge is 0.191 e. The lowest BCUT2D eigenvalue weighted by atomic mass is 9.96. The number of aromatic nitrogens is 1. The van der Waals surface area contributed by atoms with Crippen molar-refractivity contribution in [1.82, 2.24) is 15.6 Å². The molecule has 4 nitrogen and oxygen atoms in total. The summed E-state index contributed by atoms with van der Waals surface area (Å²) in [5.74, 6) is 0.898. The molecule has 1 aromatic heterocycles. The molecule has 0 amide bonds. The van der Waals surface area contributed by atoms with Crippen LogP contribution in [0.2, 0.25) is 0 Å². The van der Waals surface area contributed by atoms with Gasteiger partial charge < -0.3 is 10.6 Å². The molecule has 1 aliphatic rings. The standard InChI is InChI=1S/C20H28N4S/c1-3-17-13-22-18(25-17)14-23-19(21-4-2)24-15-20(10-11-20)12-16-8-6-5-7-9-16/h5-9,13H,3-4,10-12,14-15H2,1-2H3,(H2,21,23,24). The fourth-order valence-corrected chi connectivity index (χ4v) is 3.75. The highest BCUT2D eigenvalue weighted by Crippen LogP contribution is 2.47. The molecule has 2 aromatic rings. The molecule has 0 spiro atoms. The minimum Gasteiger partial charge on any atom is -0.357 e. The number of rotatable bonds is 8. The Hall–Kier alpha value is -1.88. The third-order valence-electron chi connectivity index (χ3n) is 4.68. The van der Waals surface area contributed by atoms with Crippen molar-refractivity contribution in [3.05, 3.63) is 52.0 Å². The topological polar surface area (TPSA) is 49.3 Å². The Kier molecular flexibility index (Phi) is 6.08. The van der Waals surface area contributed by atoms with E-state index >= 15 is 0 Å².